The van der Waals surface area contributed by atoms with Gasteiger partial charge in [0.05, 0.1) is 13.2 Å². The highest BCUT2D eigenvalue weighted by Gasteiger charge is 2.34. The number of hydrogen-bond acceptors (Lipinski definition) is 7. The molecule has 0 rings (SSSR count). The van der Waals surface area contributed by atoms with Crippen LogP contribution in [0.4, 0.5) is 0 Å². The van der Waals surface area contributed by atoms with E-state index in [-0.39, 0.29) is 6.61 Å². The Labute approximate surface area is 92.8 Å². The van der Waals surface area contributed by atoms with Gasteiger partial charge in [-0.3, -0.25) is 0 Å². The van der Waals surface area contributed by atoms with Crippen molar-refractivity contribution >= 4 is 0 Å². The van der Waals surface area contributed by atoms with E-state index >= 15 is 0 Å². The van der Waals surface area contributed by atoms with Crippen molar-refractivity contribution in [1.29, 1.82) is 0 Å². The van der Waals surface area contributed by atoms with Gasteiger partial charge in [0.1, 0.15) is 24.4 Å². The Morgan fingerprint density at radius 2 is 1.56 bits per heavy atom. The summed E-state index contributed by atoms with van der Waals surface area (Å²) < 4.78 is 4.61. The maximum Gasteiger partial charge on any atom is 0.183 e. The molecular formula is C9H18O7. The second kappa shape index (κ2) is 7.69. The molecule has 7 nitrogen and oxygen atoms in total. The monoisotopic (exact) mass is 238 g/mol. The number of hydrogen-bond donors (Lipinski definition) is 6. The molecule has 0 aliphatic heterocycles. The first-order valence-corrected chi connectivity index (χ1v) is 4.69. The minimum Gasteiger partial charge on any atom is -0.394 e. The molecule has 1 unspecified atom stereocenters. The summed E-state index contributed by atoms with van der Waals surface area (Å²) in [4.78, 5) is 0. The summed E-state index contributed by atoms with van der Waals surface area (Å²) in [5, 5.41) is 54.5. The van der Waals surface area contributed by atoms with Gasteiger partial charge in [0.15, 0.2) is 6.29 Å². The minimum absolute atomic E-state index is 0.0520. The van der Waals surface area contributed by atoms with E-state index in [0.717, 1.165) is 0 Å². The minimum atomic E-state index is -1.85. The van der Waals surface area contributed by atoms with Crippen LogP contribution in [0.1, 0.15) is 0 Å². The van der Waals surface area contributed by atoms with Crippen LogP contribution in [-0.2, 0) is 4.74 Å². The number of ether oxygens (including phenoxy) is 1. The van der Waals surface area contributed by atoms with Crippen molar-refractivity contribution in [1.82, 2.24) is 0 Å². The molecule has 96 valence electrons. The Balaban J connectivity index is 4.24. The molecule has 0 aliphatic rings. The molecule has 0 saturated heterocycles. The average molecular weight is 238 g/mol. The fourth-order valence-corrected chi connectivity index (χ4v) is 0.972. The van der Waals surface area contributed by atoms with Gasteiger partial charge in [0.2, 0.25) is 0 Å². The summed E-state index contributed by atoms with van der Waals surface area (Å²) in [6.07, 6.45) is -7.47. The predicted octanol–water partition coefficient (Wildman–Crippen LogP) is -3.06. The fourth-order valence-electron chi connectivity index (χ4n) is 0.972. The van der Waals surface area contributed by atoms with Crippen LogP contribution in [0.2, 0.25) is 0 Å². The topological polar surface area (TPSA) is 131 Å². The van der Waals surface area contributed by atoms with Crippen molar-refractivity contribution < 1.29 is 35.4 Å². The quantitative estimate of drug-likeness (QED) is 0.195. The van der Waals surface area contributed by atoms with E-state index in [0.29, 0.717) is 0 Å². The second-order valence-electron chi connectivity index (χ2n) is 3.23. The Kier molecular flexibility index (Phi) is 7.43. The third-order valence-electron chi connectivity index (χ3n) is 1.96. The summed E-state index contributed by atoms with van der Waals surface area (Å²) in [5.41, 5.74) is 0. The van der Waals surface area contributed by atoms with Crippen LogP contribution in [0.3, 0.4) is 0 Å². The van der Waals surface area contributed by atoms with Gasteiger partial charge in [0.25, 0.3) is 0 Å². The second-order valence-corrected chi connectivity index (χ2v) is 3.23. The zero-order valence-electron chi connectivity index (χ0n) is 8.68. The lowest BCUT2D eigenvalue weighted by atomic mass is 10.0. The molecule has 0 aliphatic carbocycles. The zero-order chi connectivity index (χ0) is 12.7. The van der Waals surface area contributed by atoms with E-state index in [1.54, 1.807) is 0 Å². The summed E-state index contributed by atoms with van der Waals surface area (Å²) >= 11 is 0. The van der Waals surface area contributed by atoms with Crippen LogP contribution in [0.25, 0.3) is 0 Å². The van der Waals surface area contributed by atoms with Gasteiger partial charge < -0.3 is 35.4 Å². The van der Waals surface area contributed by atoms with E-state index in [2.05, 4.69) is 11.3 Å². The average Bonchev–Trinajstić information content (AvgIpc) is 2.31. The smallest absolute Gasteiger partial charge is 0.183 e. The normalized spacial score (nSPS) is 20.9. The number of rotatable bonds is 8. The van der Waals surface area contributed by atoms with E-state index < -0.39 is 37.3 Å². The standard InChI is InChI=1S/C9H18O7/c1-2-3-16-9(15)8(14)7(13)6(12)5(11)4-10/h2,5-15H,1,3-4H2/t5-,6-,7+,8+,9?/m1/s1. The molecule has 0 fully saturated rings. The molecule has 0 saturated carbocycles. The van der Waals surface area contributed by atoms with Crippen LogP contribution >= 0.6 is 0 Å². The number of aliphatic hydroxyl groups is 6. The first-order chi connectivity index (χ1) is 7.45. The molecular weight excluding hydrogens is 220 g/mol. The van der Waals surface area contributed by atoms with Gasteiger partial charge in [0, 0.05) is 0 Å². The van der Waals surface area contributed by atoms with Crippen LogP contribution in [0.5, 0.6) is 0 Å². The molecule has 0 amide bonds. The Hall–Kier alpha value is -0.540. The highest BCUT2D eigenvalue weighted by Crippen LogP contribution is 2.09. The van der Waals surface area contributed by atoms with Gasteiger partial charge in [-0.2, -0.15) is 0 Å². The molecule has 0 aromatic carbocycles. The van der Waals surface area contributed by atoms with Gasteiger partial charge in [-0.25, -0.2) is 0 Å². The summed E-state index contributed by atoms with van der Waals surface area (Å²) in [6.45, 7) is 2.48. The Morgan fingerprint density at radius 1 is 1.00 bits per heavy atom. The molecule has 6 N–H and O–H groups in total. The first kappa shape index (κ1) is 15.5. The third kappa shape index (κ3) is 4.54. The third-order valence-corrected chi connectivity index (χ3v) is 1.96. The summed E-state index contributed by atoms with van der Waals surface area (Å²) in [7, 11) is 0. The maximum absolute atomic E-state index is 9.32. The lowest BCUT2D eigenvalue weighted by Gasteiger charge is -2.28. The molecule has 0 heterocycles. The van der Waals surface area contributed by atoms with Crippen molar-refractivity contribution in [2.24, 2.45) is 0 Å². The highest BCUT2D eigenvalue weighted by molar-refractivity contribution is 4.82. The summed E-state index contributed by atoms with van der Waals surface area (Å²) in [6, 6.07) is 0. The molecule has 0 aromatic heterocycles. The molecule has 0 radical (unpaired) electrons. The highest BCUT2D eigenvalue weighted by atomic mass is 16.6. The predicted molar refractivity (Wildman–Crippen MR) is 53.3 cm³/mol. The Bertz CT molecular complexity index is 198. The van der Waals surface area contributed by atoms with Crippen LogP contribution < -0.4 is 0 Å². The van der Waals surface area contributed by atoms with Gasteiger partial charge in [-0.1, -0.05) is 6.08 Å². The SMILES string of the molecule is C=CCOC(O)[C@@H](O)[C@@H](O)[C@H](O)[C@H](O)CO. The molecule has 0 spiro atoms. The van der Waals surface area contributed by atoms with Crippen LogP contribution in [0.15, 0.2) is 12.7 Å². The van der Waals surface area contributed by atoms with Crippen LogP contribution in [-0.4, -0.2) is 74.6 Å². The lowest BCUT2D eigenvalue weighted by molar-refractivity contribution is -0.207. The van der Waals surface area contributed by atoms with Crippen LogP contribution in [0, 0.1) is 0 Å². The molecule has 16 heavy (non-hydrogen) atoms. The van der Waals surface area contributed by atoms with Gasteiger partial charge in [-0.15, -0.1) is 6.58 Å². The van der Waals surface area contributed by atoms with E-state index in [4.69, 9.17) is 10.2 Å². The van der Waals surface area contributed by atoms with Crippen molar-refractivity contribution in [3.05, 3.63) is 12.7 Å². The number of aliphatic hydroxyl groups excluding tert-OH is 6. The molecule has 0 aromatic rings. The lowest BCUT2D eigenvalue weighted by Crippen LogP contribution is -2.50. The van der Waals surface area contributed by atoms with Gasteiger partial charge in [-0.05, 0) is 0 Å². The zero-order valence-corrected chi connectivity index (χ0v) is 8.68. The van der Waals surface area contributed by atoms with E-state index in [1.165, 1.54) is 6.08 Å². The fraction of sp³-hybridized carbons (Fsp3) is 0.778. The first-order valence-electron chi connectivity index (χ1n) is 4.69. The maximum atomic E-state index is 9.32. The molecule has 0 bridgehead atoms. The van der Waals surface area contributed by atoms with Crippen molar-refractivity contribution in [3.8, 4) is 0 Å². The van der Waals surface area contributed by atoms with Gasteiger partial charge >= 0.3 is 0 Å². The molecule has 5 atom stereocenters. The van der Waals surface area contributed by atoms with E-state index in [9.17, 15) is 20.4 Å². The Morgan fingerprint density at radius 3 is 2.00 bits per heavy atom. The summed E-state index contributed by atoms with van der Waals surface area (Å²) in [5.74, 6) is 0. The van der Waals surface area contributed by atoms with Crippen molar-refractivity contribution in [2.75, 3.05) is 13.2 Å². The van der Waals surface area contributed by atoms with Crippen molar-refractivity contribution in [3.63, 3.8) is 0 Å². The van der Waals surface area contributed by atoms with E-state index in [1.807, 2.05) is 0 Å². The largest absolute Gasteiger partial charge is 0.394 e. The van der Waals surface area contributed by atoms with Crippen molar-refractivity contribution in [2.45, 2.75) is 30.7 Å². The molecule has 7 heteroatoms.